The largest absolute Gasteiger partial charge is 0.306 e. The first-order valence-corrected chi connectivity index (χ1v) is 5.31. The average molecular weight is 215 g/mol. The van der Waals surface area contributed by atoms with Crippen LogP contribution in [0.15, 0.2) is 0 Å². The Morgan fingerprint density at radius 2 is 2.13 bits per heavy atom. The van der Waals surface area contributed by atoms with Gasteiger partial charge in [-0.15, -0.1) is 0 Å². The molecule has 2 rings (SSSR count). The Balaban J connectivity index is 1.94. The molecule has 2 N–H and O–H groups in total. The first-order chi connectivity index (χ1) is 7.27. The summed E-state index contributed by atoms with van der Waals surface area (Å²) in [6, 6.07) is 0. The SMILES string of the molecule is FC(F)CNCc1n[nH]c2c1CCCC2. The Labute approximate surface area is 87.3 Å². The maximum absolute atomic E-state index is 11.9. The first-order valence-electron chi connectivity index (χ1n) is 5.31. The predicted octanol–water partition coefficient (Wildman–Crippen LogP) is 1.64. The predicted molar refractivity (Wildman–Crippen MR) is 52.9 cm³/mol. The normalized spacial score (nSPS) is 15.7. The number of hydrogen-bond acceptors (Lipinski definition) is 2. The van der Waals surface area contributed by atoms with Crippen molar-refractivity contribution in [1.29, 1.82) is 0 Å². The van der Waals surface area contributed by atoms with E-state index < -0.39 is 6.43 Å². The summed E-state index contributed by atoms with van der Waals surface area (Å²) in [4.78, 5) is 0. The van der Waals surface area contributed by atoms with Crippen molar-refractivity contribution in [2.75, 3.05) is 6.54 Å². The molecule has 0 unspecified atom stereocenters. The molecule has 1 heterocycles. The summed E-state index contributed by atoms with van der Waals surface area (Å²) in [5.41, 5.74) is 3.34. The second-order valence-electron chi connectivity index (χ2n) is 3.86. The van der Waals surface area contributed by atoms with E-state index in [2.05, 4.69) is 15.5 Å². The minimum absolute atomic E-state index is 0.262. The van der Waals surface area contributed by atoms with Crippen molar-refractivity contribution in [3.05, 3.63) is 17.0 Å². The maximum atomic E-state index is 11.9. The summed E-state index contributed by atoms with van der Waals surface area (Å²) >= 11 is 0. The van der Waals surface area contributed by atoms with Crippen molar-refractivity contribution in [2.45, 2.75) is 38.7 Å². The number of aryl methyl sites for hydroxylation is 1. The smallest absolute Gasteiger partial charge is 0.250 e. The quantitative estimate of drug-likeness (QED) is 0.801. The van der Waals surface area contributed by atoms with Crippen LogP contribution in [0.5, 0.6) is 0 Å². The molecule has 0 aliphatic heterocycles. The molecule has 1 aliphatic carbocycles. The van der Waals surface area contributed by atoms with E-state index in [1.807, 2.05) is 0 Å². The van der Waals surface area contributed by atoms with Crippen LogP contribution in [0.1, 0.15) is 29.8 Å². The lowest BCUT2D eigenvalue weighted by molar-refractivity contribution is 0.145. The van der Waals surface area contributed by atoms with Crippen molar-refractivity contribution in [3.63, 3.8) is 0 Å². The highest BCUT2D eigenvalue weighted by atomic mass is 19.3. The molecule has 1 aliphatic rings. The number of rotatable bonds is 4. The number of alkyl halides is 2. The van der Waals surface area contributed by atoms with Gasteiger partial charge in [0, 0.05) is 12.2 Å². The highest BCUT2D eigenvalue weighted by molar-refractivity contribution is 5.27. The molecule has 5 heteroatoms. The molecule has 0 radical (unpaired) electrons. The highest BCUT2D eigenvalue weighted by Gasteiger charge is 2.16. The number of aromatic amines is 1. The minimum Gasteiger partial charge on any atom is -0.306 e. The van der Waals surface area contributed by atoms with Crippen LogP contribution in [0.4, 0.5) is 8.78 Å². The summed E-state index contributed by atoms with van der Waals surface area (Å²) in [5, 5.41) is 9.85. The van der Waals surface area contributed by atoms with Crippen molar-refractivity contribution in [1.82, 2.24) is 15.5 Å². The van der Waals surface area contributed by atoms with Gasteiger partial charge >= 0.3 is 0 Å². The molecular formula is C10H15F2N3. The fraction of sp³-hybridized carbons (Fsp3) is 0.700. The zero-order chi connectivity index (χ0) is 10.7. The summed E-state index contributed by atoms with van der Waals surface area (Å²) in [6.07, 6.45) is 2.14. The van der Waals surface area contributed by atoms with Gasteiger partial charge in [-0.1, -0.05) is 0 Å². The van der Waals surface area contributed by atoms with E-state index in [0.29, 0.717) is 6.54 Å². The third kappa shape index (κ3) is 2.53. The van der Waals surface area contributed by atoms with Gasteiger partial charge in [0.25, 0.3) is 6.43 Å². The zero-order valence-electron chi connectivity index (χ0n) is 8.52. The van der Waals surface area contributed by atoms with E-state index in [9.17, 15) is 8.78 Å². The number of nitrogens with zero attached hydrogens (tertiary/aromatic N) is 1. The Morgan fingerprint density at radius 3 is 2.93 bits per heavy atom. The van der Waals surface area contributed by atoms with Crippen LogP contribution in [0.3, 0.4) is 0 Å². The van der Waals surface area contributed by atoms with Gasteiger partial charge in [0.05, 0.1) is 12.2 Å². The molecular weight excluding hydrogens is 200 g/mol. The van der Waals surface area contributed by atoms with Gasteiger partial charge in [0.2, 0.25) is 0 Å². The molecule has 0 bridgehead atoms. The van der Waals surface area contributed by atoms with Gasteiger partial charge in [-0.25, -0.2) is 8.78 Å². The summed E-state index contributed by atoms with van der Waals surface area (Å²) in [7, 11) is 0. The molecule has 0 atom stereocenters. The van der Waals surface area contributed by atoms with Gasteiger partial charge in [-0.05, 0) is 31.2 Å². The molecule has 0 fully saturated rings. The summed E-state index contributed by atoms with van der Waals surface area (Å²) in [5.74, 6) is 0. The van der Waals surface area contributed by atoms with Gasteiger partial charge in [-0.3, -0.25) is 5.10 Å². The van der Waals surface area contributed by atoms with Gasteiger partial charge in [0.15, 0.2) is 0 Å². The Morgan fingerprint density at radius 1 is 1.33 bits per heavy atom. The van der Waals surface area contributed by atoms with Crippen LogP contribution >= 0.6 is 0 Å². The number of hydrogen-bond donors (Lipinski definition) is 2. The number of fused-ring (bicyclic) bond motifs is 1. The summed E-state index contributed by atoms with van der Waals surface area (Å²) in [6.45, 7) is 0.178. The van der Waals surface area contributed by atoms with E-state index >= 15 is 0 Å². The van der Waals surface area contributed by atoms with E-state index in [-0.39, 0.29) is 6.54 Å². The molecule has 0 saturated heterocycles. The minimum atomic E-state index is -2.29. The van der Waals surface area contributed by atoms with E-state index in [1.54, 1.807) is 0 Å². The molecule has 1 aromatic rings. The van der Waals surface area contributed by atoms with Crippen molar-refractivity contribution in [3.8, 4) is 0 Å². The van der Waals surface area contributed by atoms with Gasteiger partial charge in [0.1, 0.15) is 0 Å². The Hall–Kier alpha value is -0.970. The maximum Gasteiger partial charge on any atom is 0.250 e. The summed E-state index contributed by atoms with van der Waals surface area (Å²) < 4.78 is 23.8. The van der Waals surface area contributed by atoms with E-state index in [4.69, 9.17) is 0 Å². The number of aromatic nitrogens is 2. The average Bonchev–Trinajstić information content (AvgIpc) is 2.62. The molecule has 84 valence electrons. The number of nitrogens with one attached hydrogen (secondary N) is 2. The van der Waals surface area contributed by atoms with Crippen molar-refractivity contribution >= 4 is 0 Å². The van der Waals surface area contributed by atoms with Gasteiger partial charge in [-0.2, -0.15) is 5.10 Å². The van der Waals surface area contributed by atoms with Crippen LogP contribution in [-0.2, 0) is 19.4 Å². The second-order valence-corrected chi connectivity index (χ2v) is 3.86. The molecule has 0 amide bonds. The highest BCUT2D eigenvalue weighted by Crippen LogP contribution is 2.21. The fourth-order valence-electron chi connectivity index (χ4n) is 2.00. The Bertz CT molecular complexity index is 322. The van der Waals surface area contributed by atoms with Crippen molar-refractivity contribution < 1.29 is 8.78 Å². The zero-order valence-corrected chi connectivity index (χ0v) is 8.52. The molecule has 0 aromatic carbocycles. The molecule has 3 nitrogen and oxygen atoms in total. The molecule has 15 heavy (non-hydrogen) atoms. The standard InChI is InChI=1S/C10H15F2N3/c11-10(12)6-13-5-9-7-3-1-2-4-8(7)14-15-9/h10,13H,1-6H2,(H,14,15). The lowest BCUT2D eigenvalue weighted by Crippen LogP contribution is -2.21. The van der Waals surface area contributed by atoms with Crippen molar-refractivity contribution in [2.24, 2.45) is 0 Å². The lowest BCUT2D eigenvalue weighted by atomic mass is 9.96. The first kappa shape index (κ1) is 10.5. The Kier molecular flexibility index (Phi) is 3.30. The third-order valence-corrected chi connectivity index (χ3v) is 2.73. The molecule has 0 spiro atoms. The van der Waals surface area contributed by atoms with Crippen LogP contribution in [-0.4, -0.2) is 23.2 Å². The third-order valence-electron chi connectivity index (χ3n) is 2.73. The fourth-order valence-corrected chi connectivity index (χ4v) is 2.00. The van der Waals surface area contributed by atoms with E-state index in [0.717, 1.165) is 18.5 Å². The lowest BCUT2D eigenvalue weighted by Gasteiger charge is -2.11. The van der Waals surface area contributed by atoms with E-state index in [1.165, 1.54) is 24.1 Å². The van der Waals surface area contributed by atoms with Crippen LogP contribution in [0, 0.1) is 0 Å². The topological polar surface area (TPSA) is 40.7 Å². The molecule has 1 aromatic heterocycles. The second kappa shape index (κ2) is 4.70. The van der Waals surface area contributed by atoms with Crippen LogP contribution < -0.4 is 5.32 Å². The van der Waals surface area contributed by atoms with Gasteiger partial charge < -0.3 is 5.32 Å². The molecule has 0 saturated carbocycles. The van der Waals surface area contributed by atoms with Crippen LogP contribution in [0.2, 0.25) is 0 Å². The monoisotopic (exact) mass is 215 g/mol. The van der Waals surface area contributed by atoms with Crippen LogP contribution in [0.25, 0.3) is 0 Å². The number of H-pyrrole nitrogens is 1. The number of halogens is 2.